The number of fused-ring (bicyclic) bond motifs is 1. The molecule has 1 heteroatoms. The topological polar surface area (TPSA) is 15.8 Å². The lowest BCUT2D eigenvalue weighted by atomic mass is 9.98. The highest BCUT2D eigenvalue weighted by Gasteiger charge is 2.12. The van der Waals surface area contributed by atoms with Crippen LogP contribution in [0.25, 0.3) is 0 Å². The van der Waals surface area contributed by atoms with Gasteiger partial charge in [-0.3, -0.25) is 0 Å². The van der Waals surface area contributed by atoms with Gasteiger partial charge < -0.3 is 4.98 Å². The van der Waals surface area contributed by atoms with Crippen molar-refractivity contribution in [2.24, 2.45) is 0 Å². The lowest BCUT2D eigenvalue weighted by Crippen LogP contribution is -1.99. The highest BCUT2D eigenvalue weighted by atomic mass is 14.7. The molecule has 1 aromatic heterocycles. The van der Waals surface area contributed by atoms with Crippen LogP contribution in [0.4, 0.5) is 0 Å². The van der Waals surface area contributed by atoms with E-state index in [0.29, 0.717) is 0 Å². The summed E-state index contributed by atoms with van der Waals surface area (Å²) in [6, 6.07) is 11.0. The minimum atomic E-state index is 1.04. The normalized spacial score (nSPS) is 14.6. The first-order valence-corrected chi connectivity index (χ1v) is 6.57. The molecule has 17 heavy (non-hydrogen) atoms. The van der Waals surface area contributed by atoms with Crippen LogP contribution < -0.4 is 0 Å². The van der Waals surface area contributed by atoms with E-state index in [0.717, 1.165) is 6.42 Å². The van der Waals surface area contributed by atoms with Crippen LogP contribution >= 0.6 is 0 Å². The molecule has 3 rings (SSSR count). The van der Waals surface area contributed by atoms with Crippen LogP contribution in [-0.4, -0.2) is 4.98 Å². The number of hydrogen-bond acceptors (Lipinski definition) is 0. The maximum absolute atomic E-state index is 3.61. The number of benzene rings is 1. The Morgan fingerprint density at radius 3 is 2.76 bits per heavy atom. The Morgan fingerprint density at radius 2 is 1.94 bits per heavy atom. The van der Waals surface area contributed by atoms with Crippen LogP contribution in [0, 0.1) is 6.92 Å². The number of rotatable bonds is 2. The summed E-state index contributed by atoms with van der Waals surface area (Å²) in [7, 11) is 0. The van der Waals surface area contributed by atoms with Gasteiger partial charge >= 0.3 is 0 Å². The number of aromatic nitrogens is 1. The summed E-state index contributed by atoms with van der Waals surface area (Å²) in [6.45, 7) is 2.19. The second-order valence-corrected chi connectivity index (χ2v) is 5.11. The van der Waals surface area contributed by atoms with Crippen molar-refractivity contribution in [3.8, 4) is 0 Å². The van der Waals surface area contributed by atoms with Gasteiger partial charge in [-0.2, -0.15) is 0 Å². The van der Waals surface area contributed by atoms with Gasteiger partial charge in [0.25, 0.3) is 0 Å². The average molecular weight is 225 g/mol. The van der Waals surface area contributed by atoms with E-state index in [9.17, 15) is 0 Å². The van der Waals surface area contributed by atoms with Crippen molar-refractivity contribution in [3.63, 3.8) is 0 Å². The van der Waals surface area contributed by atoms with Crippen molar-refractivity contribution in [2.45, 2.75) is 39.0 Å². The maximum atomic E-state index is 3.61. The van der Waals surface area contributed by atoms with Gasteiger partial charge in [0.2, 0.25) is 0 Å². The zero-order valence-electron chi connectivity index (χ0n) is 10.4. The quantitative estimate of drug-likeness (QED) is 0.800. The SMILES string of the molecule is Cc1ccccc1Cc1cc2c([nH]1)CCCC2. The second kappa shape index (κ2) is 4.40. The Kier molecular flexibility index (Phi) is 2.76. The summed E-state index contributed by atoms with van der Waals surface area (Å²) < 4.78 is 0. The van der Waals surface area contributed by atoms with Gasteiger partial charge in [-0.1, -0.05) is 24.3 Å². The minimum absolute atomic E-state index is 1.04. The van der Waals surface area contributed by atoms with Crippen LogP contribution in [0.2, 0.25) is 0 Å². The third-order valence-corrected chi connectivity index (χ3v) is 3.81. The lowest BCUT2D eigenvalue weighted by molar-refractivity contribution is 0.676. The molecule has 1 heterocycles. The molecule has 88 valence electrons. The van der Waals surface area contributed by atoms with Gasteiger partial charge in [-0.25, -0.2) is 0 Å². The molecule has 0 unspecified atom stereocenters. The summed E-state index contributed by atoms with van der Waals surface area (Å²) in [6.07, 6.45) is 6.24. The molecule has 0 bridgehead atoms. The summed E-state index contributed by atoms with van der Waals surface area (Å²) in [5.41, 5.74) is 7.25. The van der Waals surface area contributed by atoms with Crippen LogP contribution in [0.15, 0.2) is 30.3 Å². The molecule has 2 aromatic rings. The standard InChI is InChI=1S/C16H19N/c1-12-6-2-3-7-13(12)10-15-11-14-8-4-5-9-16(14)17-15/h2-3,6-7,11,17H,4-5,8-10H2,1H3. The highest BCUT2D eigenvalue weighted by Crippen LogP contribution is 2.23. The Balaban J connectivity index is 1.86. The van der Waals surface area contributed by atoms with E-state index in [1.165, 1.54) is 48.2 Å². The fourth-order valence-corrected chi connectivity index (χ4v) is 2.78. The van der Waals surface area contributed by atoms with E-state index >= 15 is 0 Å². The van der Waals surface area contributed by atoms with Gasteiger partial charge in [-0.05, 0) is 55.4 Å². The fourth-order valence-electron chi connectivity index (χ4n) is 2.78. The van der Waals surface area contributed by atoms with E-state index in [4.69, 9.17) is 0 Å². The first kappa shape index (κ1) is 10.6. The van der Waals surface area contributed by atoms with Crippen molar-refractivity contribution in [1.29, 1.82) is 0 Å². The van der Waals surface area contributed by atoms with Crippen LogP contribution in [0.5, 0.6) is 0 Å². The van der Waals surface area contributed by atoms with E-state index < -0.39 is 0 Å². The van der Waals surface area contributed by atoms with Crippen molar-refractivity contribution < 1.29 is 0 Å². The van der Waals surface area contributed by atoms with Crippen molar-refractivity contribution in [2.75, 3.05) is 0 Å². The molecule has 1 N–H and O–H groups in total. The molecule has 0 saturated heterocycles. The summed E-state index contributed by atoms with van der Waals surface area (Å²) in [5.74, 6) is 0. The van der Waals surface area contributed by atoms with E-state index in [2.05, 4.69) is 42.2 Å². The third kappa shape index (κ3) is 2.14. The summed E-state index contributed by atoms with van der Waals surface area (Å²) >= 11 is 0. The smallest absolute Gasteiger partial charge is 0.0196 e. The van der Waals surface area contributed by atoms with E-state index in [1.807, 2.05) is 0 Å². The molecule has 0 amide bonds. The average Bonchev–Trinajstić information content (AvgIpc) is 2.74. The van der Waals surface area contributed by atoms with Crippen molar-refractivity contribution >= 4 is 0 Å². The molecule has 0 atom stereocenters. The zero-order chi connectivity index (χ0) is 11.7. The van der Waals surface area contributed by atoms with Gasteiger partial charge in [0.05, 0.1) is 0 Å². The van der Waals surface area contributed by atoms with Gasteiger partial charge in [0.15, 0.2) is 0 Å². The van der Waals surface area contributed by atoms with E-state index in [1.54, 1.807) is 5.56 Å². The van der Waals surface area contributed by atoms with Crippen LogP contribution in [0.3, 0.4) is 0 Å². The number of aryl methyl sites for hydroxylation is 3. The first-order valence-electron chi connectivity index (χ1n) is 6.57. The molecule has 0 fully saturated rings. The predicted molar refractivity (Wildman–Crippen MR) is 71.4 cm³/mol. The number of H-pyrrole nitrogens is 1. The third-order valence-electron chi connectivity index (χ3n) is 3.81. The predicted octanol–water partition coefficient (Wildman–Crippen LogP) is 3.79. The summed E-state index contributed by atoms with van der Waals surface area (Å²) in [4.78, 5) is 3.61. The number of nitrogens with one attached hydrogen (secondary N) is 1. The summed E-state index contributed by atoms with van der Waals surface area (Å²) in [5, 5.41) is 0. The van der Waals surface area contributed by atoms with Gasteiger partial charge in [-0.15, -0.1) is 0 Å². The molecule has 1 aromatic carbocycles. The fraction of sp³-hybridized carbons (Fsp3) is 0.375. The molecular weight excluding hydrogens is 206 g/mol. The molecule has 1 aliphatic carbocycles. The van der Waals surface area contributed by atoms with Crippen LogP contribution in [-0.2, 0) is 19.3 Å². The highest BCUT2D eigenvalue weighted by molar-refractivity contribution is 5.34. The van der Waals surface area contributed by atoms with Crippen LogP contribution in [0.1, 0.15) is 40.9 Å². The zero-order valence-corrected chi connectivity index (χ0v) is 10.4. The molecule has 0 saturated carbocycles. The number of aromatic amines is 1. The molecule has 0 radical (unpaired) electrons. The van der Waals surface area contributed by atoms with Gasteiger partial charge in [0, 0.05) is 17.8 Å². The molecular formula is C16H19N. The second-order valence-electron chi connectivity index (χ2n) is 5.11. The minimum Gasteiger partial charge on any atom is -0.362 e. The molecule has 0 aliphatic heterocycles. The van der Waals surface area contributed by atoms with Crippen molar-refractivity contribution in [3.05, 3.63) is 58.4 Å². The molecule has 1 nitrogen and oxygen atoms in total. The Bertz CT molecular complexity index is 499. The molecule has 0 spiro atoms. The first-order chi connectivity index (χ1) is 8.33. The maximum Gasteiger partial charge on any atom is 0.0196 e. The Hall–Kier alpha value is -1.50. The Morgan fingerprint density at radius 1 is 1.12 bits per heavy atom. The van der Waals surface area contributed by atoms with E-state index in [-0.39, 0.29) is 0 Å². The lowest BCUT2D eigenvalue weighted by Gasteiger charge is -2.09. The molecule has 1 aliphatic rings. The monoisotopic (exact) mass is 225 g/mol. The van der Waals surface area contributed by atoms with Crippen molar-refractivity contribution in [1.82, 2.24) is 4.98 Å². The largest absolute Gasteiger partial charge is 0.362 e. The Labute approximate surface area is 103 Å². The van der Waals surface area contributed by atoms with Gasteiger partial charge in [0.1, 0.15) is 0 Å². The number of hydrogen-bond donors (Lipinski definition) is 1.